The van der Waals surface area contributed by atoms with E-state index < -0.39 is 0 Å². The highest BCUT2D eigenvalue weighted by Crippen LogP contribution is 2.32. The number of aromatic nitrogens is 2. The van der Waals surface area contributed by atoms with Crippen molar-refractivity contribution in [2.75, 3.05) is 6.61 Å². The van der Waals surface area contributed by atoms with Gasteiger partial charge in [-0.05, 0) is 42.0 Å². The van der Waals surface area contributed by atoms with Crippen LogP contribution in [0.3, 0.4) is 0 Å². The van der Waals surface area contributed by atoms with Crippen LogP contribution in [0.15, 0.2) is 36.4 Å². The van der Waals surface area contributed by atoms with Gasteiger partial charge in [-0.3, -0.25) is 10.5 Å². The minimum Gasteiger partial charge on any atom is -0.493 e. The lowest BCUT2D eigenvalue weighted by atomic mass is 10.0. The van der Waals surface area contributed by atoms with Crippen LogP contribution in [0.1, 0.15) is 11.1 Å². The highest BCUT2D eigenvalue weighted by Gasteiger charge is 2.15. The first-order valence-electron chi connectivity index (χ1n) is 6.81. The van der Waals surface area contributed by atoms with Gasteiger partial charge in [0.15, 0.2) is 0 Å². The SMILES string of the molecule is N=C(N)c1ccc2[nH]nc(-c3ccc4c(c3)CCO4)c2c1. The van der Waals surface area contributed by atoms with Crippen molar-refractivity contribution in [3.8, 4) is 17.0 Å². The largest absolute Gasteiger partial charge is 0.493 e. The molecule has 0 bridgehead atoms. The Hall–Kier alpha value is -2.82. The molecular formula is C16H14N4O. The number of hydrogen-bond donors (Lipinski definition) is 3. The van der Waals surface area contributed by atoms with Crippen LogP contribution < -0.4 is 10.5 Å². The Labute approximate surface area is 121 Å². The van der Waals surface area contributed by atoms with E-state index in [1.807, 2.05) is 30.3 Å². The quantitative estimate of drug-likeness (QED) is 0.497. The van der Waals surface area contributed by atoms with E-state index in [1.54, 1.807) is 0 Å². The molecule has 104 valence electrons. The van der Waals surface area contributed by atoms with Gasteiger partial charge < -0.3 is 10.5 Å². The van der Waals surface area contributed by atoms with Crippen LogP contribution in [0, 0.1) is 5.41 Å². The van der Waals surface area contributed by atoms with Crippen molar-refractivity contribution in [1.82, 2.24) is 10.2 Å². The molecule has 21 heavy (non-hydrogen) atoms. The Bertz CT molecular complexity index is 866. The number of nitrogens with one attached hydrogen (secondary N) is 2. The first-order valence-corrected chi connectivity index (χ1v) is 6.81. The summed E-state index contributed by atoms with van der Waals surface area (Å²) in [6.07, 6.45) is 0.935. The lowest BCUT2D eigenvalue weighted by Gasteiger charge is -2.03. The first-order chi connectivity index (χ1) is 10.2. The molecule has 0 unspecified atom stereocenters. The minimum absolute atomic E-state index is 0.0615. The number of aromatic amines is 1. The molecule has 5 heteroatoms. The van der Waals surface area contributed by atoms with E-state index in [4.69, 9.17) is 15.9 Å². The number of fused-ring (bicyclic) bond motifs is 2. The molecule has 2 aromatic carbocycles. The maximum atomic E-state index is 7.57. The zero-order valence-electron chi connectivity index (χ0n) is 11.3. The number of nitrogen functional groups attached to an aromatic ring is 1. The van der Waals surface area contributed by atoms with E-state index in [0.29, 0.717) is 5.56 Å². The lowest BCUT2D eigenvalue weighted by molar-refractivity contribution is 0.357. The fraction of sp³-hybridized carbons (Fsp3) is 0.125. The third kappa shape index (κ3) is 1.86. The van der Waals surface area contributed by atoms with Crippen molar-refractivity contribution in [1.29, 1.82) is 5.41 Å². The maximum Gasteiger partial charge on any atom is 0.122 e. The summed E-state index contributed by atoms with van der Waals surface area (Å²) in [5, 5.41) is 16.0. The second-order valence-electron chi connectivity index (χ2n) is 5.17. The molecule has 0 spiro atoms. The number of nitrogens with zero attached hydrogens (tertiary/aromatic N) is 1. The monoisotopic (exact) mass is 278 g/mol. The predicted octanol–water partition coefficient (Wildman–Crippen LogP) is 2.45. The summed E-state index contributed by atoms with van der Waals surface area (Å²) >= 11 is 0. The second-order valence-corrected chi connectivity index (χ2v) is 5.17. The molecule has 1 aliphatic rings. The van der Waals surface area contributed by atoms with E-state index in [-0.39, 0.29) is 5.84 Å². The Balaban J connectivity index is 1.90. The number of nitrogens with two attached hydrogens (primary N) is 1. The summed E-state index contributed by atoms with van der Waals surface area (Å²) in [5.74, 6) is 1.02. The predicted molar refractivity (Wildman–Crippen MR) is 81.7 cm³/mol. The maximum absolute atomic E-state index is 7.57. The fourth-order valence-corrected chi connectivity index (χ4v) is 2.74. The normalized spacial score (nSPS) is 13.1. The highest BCUT2D eigenvalue weighted by molar-refractivity contribution is 6.01. The molecule has 0 radical (unpaired) electrons. The Morgan fingerprint density at radius 1 is 1.24 bits per heavy atom. The Morgan fingerprint density at radius 3 is 3.00 bits per heavy atom. The average Bonchev–Trinajstić information content (AvgIpc) is 3.12. The van der Waals surface area contributed by atoms with Gasteiger partial charge in [0, 0.05) is 22.9 Å². The van der Waals surface area contributed by atoms with E-state index in [1.165, 1.54) is 5.56 Å². The molecule has 0 atom stereocenters. The number of amidine groups is 1. The number of hydrogen-bond acceptors (Lipinski definition) is 3. The summed E-state index contributed by atoms with van der Waals surface area (Å²) < 4.78 is 5.54. The summed E-state index contributed by atoms with van der Waals surface area (Å²) in [6.45, 7) is 0.745. The van der Waals surface area contributed by atoms with Crippen LogP contribution in [-0.2, 0) is 6.42 Å². The summed E-state index contributed by atoms with van der Waals surface area (Å²) in [5.41, 5.74) is 10.4. The van der Waals surface area contributed by atoms with Crippen LogP contribution in [0.2, 0.25) is 0 Å². The standard InChI is InChI=1S/C16H14N4O/c17-16(18)11-1-3-13-12(8-11)15(20-19-13)10-2-4-14-9(7-10)5-6-21-14/h1-4,7-8H,5-6H2,(H3,17,18)(H,19,20). The molecular weight excluding hydrogens is 264 g/mol. The summed E-state index contributed by atoms with van der Waals surface area (Å²) in [4.78, 5) is 0. The molecule has 0 saturated carbocycles. The molecule has 0 saturated heterocycles. The van der Waals surface area contributed by atoms with Crippen molar-refractivity contribution in [2.24, 2.45) is 5.73 Å². The molecule has 0 amide bonds. The number of rotatable bonds is 2. The second kappa shape index (κ2) is 4.34. The van der Waals surface area contributed by atoms with Crippen LogP contribution in [0.5, 0.6) is 5.75 Å². The zero-order chi connectivity index (χ0) is 14.4. The number of ether oxygens (including phenoxy) is 1. The Morgan fingerprint density at radius 2 is 2.14 bits per heavy atom. The summed E-state index contributed by atoms with van der Waals surface area (Å²) in [6, 6.07) is 11.8. The van der Waals surface area contributed by atoms with E-state index >= 15 is 0 Å². The Kier molecular flexibility index (Phi) is 2.47. The van der Waals surface area contributed by atoms with Crippen molar-refractivity contribution >= 4 is 16.7 Å². The van der Waals surface area contributed by atoms with Gasteiger partial charge >= 0.3 is 0 Å². The molecule has 2 heterocycles. The number of benzene rings is 2. The van der Waals surface area contributed by atoms with Crippen molar-refractivity contribution in [3.63, 3.8) is 0 Å². The molecule has 4 N–H and O–H groups in total. The molecule has 0 fully saturated rings. The molecule has 1 aliphatic heterocycles. The van der Waals surface area contributed by atoms with Gasteiger partial charge in [0.1, 0.15) is 11.6 Å². The first kappa shape index (κ1) is 12.0. The van der Waals surface area contributed by atoms with Gasteiger partial charge in [0.05, 0.1) is 17.8 Å². The van der Waals surface area contributed by atoms with Gasteiger partial charge in [-0.15, -0.1) is 0 Å². The molecule has 3 aromatic rings. The van der Waals surface area contributed by atoms with Gasteiger partial charge in [0.2, 0.25) is 0 Å². The van der Waals surface area contributed by atoms with E-state index in [2.05, 4.69) is 16.3 Å². The molecule has 1 aromatic heterocycles. The van der Waals surface area contributed by atoms with Gasteiger partial charge in [-0.25, -0.2) is 0 Å². The van der Waals surface area contributed by atoms with Gasteiger partial charge in [0.25, 0.3) is 0 Å². The fourth-order valence-electron chi connectivity index (χ4n) is 2.74. The van der Waals surface area contributed by atoms with Crippen molar-refractivity contribution in [3.05, 3.63) is 47.5 Å². The highest BCUT2D eigenvalue weighted by atomic mass is 16.5. The topological polar surface area (TPSA) is 87.8 Å². The van der Waals surface area contributed by atoms with Crippen LogP contribution >= 0.6 is 0 Å². The molecule has 5 nitrogen and oxygen atoms in total. The zero-order valence-corrected chi connectivity index (χ0v) is 11.3. The average molecular weight is 278 g/mol. The van der Waals surface area contributed by atoms with Crippen molar-refractivity contribution in [2.45, 2.75) is 6.42 Å². The molecule has 0 aliphatic carbocycles. The van der Waals surface area contributed by atoms with E-state index in [9.17, 15) is 0 Å². The third-order valence-corrected chi connectivity index (χ3v) is 3.84. The minimum atomic E-state index is 0.0615. The van der Waals surface area contributed by atoms with Crippen molar-refractivity contribution < 1.29 is 4.74 Å². The molecule has 4 rings (SSSR count). The van der Waals surface area contributed by atoms with Crippen LogP contribution in [0.25, 0.3) is 22.2 Å². The summed E-state index contributed by atoms with van der Waals surface area (Å²) in [7, 11) is 0. The number of H-pyrrole nitrogens is 1. The van der Waals surface area contributed by atoms with Gasteiger partial charge in [-0.1, -0.05) is 0 Å². The van der Waals surface area contributed by atoms with Crippen LogP contribution in [-0.4, -0.2) is 22.6 Å². The van der Waals surface area contributed by atoms with Gasteiger partial charge in [-0.2, -0.15) is 5.10 Å². The van der Waals surface area contributed by atoms with Crippen LogP contribution in [0.4, 0.5) is 0 Å². The smallest absolute Gasteiger partial charge is 0.122 e. The lowest BCUT2D eigenvalue weighted by Crippen LogP contribution is -2.10. The van der Waals surface area contributed by atoms with E-state index in [0.717, 1.165) is 40.9 Å². The third-order valence-electron chi connectivity index (χ3n) is 3.84.